The molecule has 0 aliphatic carbocycles. The monoisotopic (exact) mass is 471 g/mol. The van der Waals surface area contributed by atoms with E-state index in [1.54, 1.807) is 43.3 Å². The molecule has 2 amide bonds. The number of carbonyl (C=O) groups is 2. The summed E-state index contributed by atoms with van der Waals surface area (Å²) in [5.74, 6) is -0.584. The normalized spacial score (nSPS) is 15.4. The van der Waals surface area contributed by atoms with E-state index in [0.29, 0.717) is 30.0 Å². The Bertz CT molecular complexity index is 1080. The highest BCUT2D eigenvalue weighted by Crippen LogP contribution is 2.25. The zero-order valence-corrected chi connectivity index (χ0v) is 20.4. The second kappa shape index (κ2) is 10.8. The number of hydrogen-bond donors (Lipinski definition) is 1. The lowest BCUT2D eigenvalue weighted by Gasteiger charge is -2.30. The molecule has 0 bridgehead atoms. The number of aryl methyl sites for hydroxylation is 1. The Morgan fingerprint density at radius 2 is 1.61 bits per heavy atom. The van der Waals surface area contributed by atoms with Crippen molar-refractivity contribution in [3.63, 3.8) is 0 Å². The van der Waals surface area contributed by atoms with Crippen molar-refractivity contribution in [3.05, 3.63) is 59.7 Å². The van der Waals surface area contributed by atoms with E-state index in [9.17, 15) is 18.0 Å². The number of rotatable bonds is 7. The first kappa shape index (κ1) is 24.8. The van der Waals surface area contributed by atoms with E-state index in [2.05, 4.69) is 5.32 Å². The zero-order valence-electron chi connectivity index (χ0n) is 19.6. The molecule has 1 aliphatic heterocycles. The third-order valence-corrected chi connectivity index (χ3v) is 7.11. The summed E-state index contributed by atoms with van der Waals surface area (Å²) >= 11 is 0. The van der Waals surface area contributed by atoms with Gasteiger partial charge in [0.1, 0.15) is 6.04 Å². The van der Waals surface area contributed by atoms with E-state index >= 15 is 0 Å². The number of likely N-dealkylation sites (tertiary alicyclic amines) is 1. The van der Waals surface area contributed by atoms with Crippen molar-refractivity contribution in [1.29, 1.82) is 0 Å². The number of anilines is 2. The summed E-state index contributed by atoms with van der Waals surface area (Å²) in [6.45, 7) is 5.09. The summed E-state index contributed by atoms with van der Waals surface area (Å²) in [7, 11) is -3.73. The van der Waals surface area contributed by atoms with Gasteiger partial charge in [0.05, 0.1) is 23.2 Å². The molecule has 0 spiro atoms. The molecule has 1 aliphatic rings. The van der Waals surface area contributed by atoms with Gasteiger partial charge in [0.25, 0.3) is 5.91 Å². The number of sulfonamides is 1. The van der Waals surface area contributed by atoms with E-state index in [1.165, 1.54) is 0 Å². The Morgan fingerprint density at radius 1 is 1.00 bits per heavy atom. The van der Waals surface area contributed by atoms with Gasteiger partial charge >= 0.3 is 0 Å². The quantitative estimate of drug-likeness (QED) is 0.656. The smallest absolute Gasteiger partial charge is 0.255 e. The molecule has 1 saturated heterocycles. The molecule has 2 aromatic rings. The highest BCUT2D eigenvalue weighted by atomic mass is 32.2. The van der Waals surface area contributed by atoms with Crippen LogP contribution in [0, 0.1) is 6.92 Å². The number of carbonyl (C=O) groups excluding carboxylic acids is 2. The fourth-order valence-electron chi connectivity index (χ4n) is 4.19. The fraction of sp³-hybridized carbons (Fsp3) is 0.440. The van der Waals surface area contributed by atoms with Crippen LogP contribution in [0.5, 0.6) is 0 Å². The summed E-state index contributed by atoms with van der Waals surface area (Å²) < 4.78 is 26.5. The largest absolute Gasteiger partial charge is 0.339 e. The van der Waals surface area contributed by atoms with Crippen LogP contribution in [0.3, 0.4) is 0 Å². The van der Waals surface area contributed by atoms with Gasteiger partial charge in [0.15, 0.2) is 0 Å². The van der Waals surface area contributed by atoms with E-state index in [-0.39, 0.29) is 12.3 Å². The molecular formula is C25H33N3O4S. The molecule has 178 valence electrons. The number of benzene rings is 2. The van der Waals surface area contributed by atoms with Gasteiger partial charge in [-0.1, -0.05) is 49.6 Å². The lowest BCUT2D eigenvalue weighted by molar-refractivity contribution is -0.117. The van der Waals surface area contributed by atoms with E-state index in [1.807, 2.05) is 24.0 Å². The minimum atomic E-state index is -3.73. The molecule has 0 aromatic heterocycles. The van der Waals surface area contributed by atoms with Crippen LogP contribution in [-0.2, 0) is 14.8 Å². The predicted octanol–water partition coefficient (Wildman–Crippen LogP) is 4.19. The van der Waals surface area contributed by atoms with Gasteiger partial charge in [0.2, 0.25) is 15.9 Å². The summed E-state index contributed by atoms with van der Waals surface area (Å²) in [5, 5.41) is 2.84. The van der Waals surface area contributed by atoms with Crippen LogP contribution in [0.25, 0.3) is 0 Å². The highest BCUT2D eigenvalue weighted by Gasteiger charge is 2.32. The number of nitrogens with zero attached hydrogens (tertiary/aromatic N) is 2. The maximum absolute atomic E-state index is 13.3. The van der Waals surface area contributed by atoms with Crippen molar-refractivity contribution in [2.45, 2.75) is 52.0 Å². The number of para-hydroxylation sites is 1. The lowest BCUT2D eigenvalue weighted by atomic mass is 10.1. The first-order chi connectivity index (χ1) is 15.7. The third kappa shape index (κ3) is 6.13. The van der Waals surface area contributed by atoms with Crippen molar-refractivity contribution < 1.29 is 18.0 Å². The highest BCUT2D eigenvalue weighted by molar-refractivity contribution is 7.92. The summed E-state index contributed by atoms with van der Waals surface area (Å²) in [6, 6.07) is 13.0. The van der Waals surface area contributed by atoms with Crippen LogP contribution in [0.1, 0.15) is 54.9 Å². The van der Waals surface area contributed by atoms with Crippen LogP contribution in [0.2, 0.25) is 0 Å². The number of amides is 2. The van der Waals surface area contributed by atoms with Crippen molar-refractivity contribution in [3.8, 4) is 0 Å². The Kier molecular flexibility index (Phi) is 8.13. The van der Waals surface area contributed by atoms with Crippen molar-refractivity contribution in [2.24, 2.45) is 0 Å². The Balaban J connectivity index is 1.88. The Hall–Kier alpha value is -2.87. The Labute approximate surface area is 196 Å². The van der Waals surface area contributed by atoms with Crippen LogP contribution < -0.4 is 9.62 Å². The fourth-order valence-corrected chi connectivity index (χ4v) is 5.40. The molecular weight excluding hydrogens is 438 g/mol. The maximum atomic E-state index is 13.3. The molecule has 33 heavy (non-hydrogen) atoms. The second-order valence-corrected chi connectivity index (χ2v) is 10.4. The average molecular weight is 472 g/mol. The van der Waals surface area contributed by atoms with Crippen molar-refractivity contribution in [1.82, 2.24) is 4.90 Å². The van der Waals surface area contributed by atoms with Gasteiger partial charge in [0, 0.05) is 13.1 Å². The molecule has 1 N–H and O–H groups in total. The minimum Gasteiger partial charge on any atom is -0.339 e. The topological polar surface area (TPSA) is 86.8 Å². The first-order valence-electron chi connectivity index (χ1n) is 11.5. The van der Waals surface area contributed by atoms with Crippen LogP contribution in [-0.4, -0.2) is 50.5 Å². The third-order valence-electron chi connectivity index (χ3n) is 5.93. The SMILES string of the molecule is CC[C@H](C(=O)Nc1ccccc1C(=O)N1CCCCCC1)N(c1ccc(C)cc1)S(C)(=O)=O. The van der Waals surface area contributed by atoms with Crippen LogP contribution in [0.4, 0.5) is 11.4 Å². The van der Waals surface area contributed by atoms with E-state index < -0.39 is 22.0 Å². The maximum Gasteiger partial charge on any atom is 0.255 e. The molecule has 0 saturated carbocycles. The second-order valence-electron chi connectivity index (χ2n) is 8.56. The predicted molar refractivity (Wildman–Crippen MR) is 132 cm³/mol. The molecule has 0 unspecified atom stereocenters. The molecule has 1 fully saturated rings. The Morgan fingerprint density at radius 3 is 2.18 bits per heavy atom. The number of hydrogen-bond acceptors (Lipinski definition) is 4. The molecule has 7 nitrogen and oxygen atoms in total. The van der Waals surface area contributed by atoms with Crippen molar-refractivity contribution >= 4 is 33.2 Å². The minimum absolute atomic E-state index is 0.112. The first-order valence-corrected chi connectivity index (χ1v) is 13.3. The van der Waals surface area contributed by atoms with Crippen LogP contribution in [0.15, 0.2) is 48.5 Å². The molecule has 0 radical (unpaired) electrons. The van der Waals surface area contributed by atoms with Gasteiger partial charge in [-0.15, -0.1) is 0 Å². The standard InChI is InChI=1S/C25H33N3O4S/c1-4-23(28(33(3,31)32)20-15-13-19(2)14-16-20)24(29)26-22-12-8-7-11-21(22)25(30)27-17-9-5-6-10-18-27/h7-8,11-16,23H,4-6,9-10,17-18H2,1-3H3,(H,26,29)/t23-/m1/s1. The van der Waals surface area contributed by atoms with Gasteiger partial charge in [-0.05, 0) is 50.5 Å². The molecule has 8 heteroatoms. The van der Waals surface area contributed by atoms with Crippen molar-refractivity contribution in [2.75, 3.05) is 29.0 Å². The van der Waals surface area contributed by atoms with Gasteiger partial charge in [-0.25, -0.2) is 8.42 Å². The van der Waals surface area contributed by atoms with Gasteiger partial charge in [-0.2, -0.15) is 0 Å². The molecule has 1 atom stereocenters. The molecule has 2 aromatic carbocycles. The van der Waals surface area contributed by atoms with Crippen LogP contribution >= 0.6 is 0 Å². The molecule has 3 rings (SSSR count). The summed E-state index contributed by atoms with van der Waals surface area (Å²) in [5.41, 5.74) is 2.24. The van der Waals surface area contributed by atoms with E-state index in [4.69, 9.17) is 0 Å². The molecule has 1 heterocycles. The van der Waals surface area contributed by atoms with Gasteiger partial charge in [-0.3, -0.25) is 13.9 Å². The number of nitrogens with one attached hydrogen (secondary N) is 1. The average Bonchev–Trinajstić information content (AvgIpc) is 3.07. The zero-order chi connectivity index (χ0) is 24.0. The lowest BCUT2D eigenvalue weighted by Crippen LogP contribution is -2.47. The summed E-state index contributed by atoms with van der Waals surface area (Å²) in [6.07, 6.45) is 5.53. The van der Waals surface area contributed by atoms with E-state index in [0.717, 1.165) is 41.8 Å². The summed E-state index contributed by atoms with van der Waals surface area (Å²) in [4.78, 5) is 28.4. The van der Waals surface area contributed by atoms with Gasteiger partial charge < -0.3 is 10.2 Å².